The van der Waals surface area contributed by atoms with Crippen LogP contribution in [0.3, 0.4) is 0 Å². The Labute approximate surface area is 217 Å². The first kappa shape index (κ1) is 25.4. The zero-order valence-corrected chi connectivity index (χ0v) is 20.4. The molecule has 0 fully saturated rings. The lowest BCUT2D eigenvalue weighted by atomic mass is 9.97. The average Bonchev–Trinajstić information content (AvgIpc) is 3.37. The number of carboxylic acids is 1. The number of aliphatic hydroxyl groups excluding tert-OH is 1. The highest BCUT2D eigenvalue weighted by Gasteiger charge is 2.24. The van der Waals surface area contributed by atoms with Gasteiger partial charge >= 0.3 is 5.97 Å². The molecule has 2 atom stereocenters. The Bertz CT molecular complexity index is 1360. The fraction of sp³-hybridized carbons (Fsp3) is 0.148. The van der Waals surface area contributed by atoms with Gasteiger partial charge in [0, 0.05) is 29.1 Å². The predicted molar refractivity (Wildman–Crippen MR) is 137 cm³/mol. The molecule has 1 aromatic heterocycles. The first-order valence-electron chi connectivity index (χ1n) is 11.1. The molecule has 4 rings (SSSR count). The number of carbonyl (C=O) groups is 2. The van der Waals surface area contributed by atoms with Gasteiger partial charge in [0.25, 0.3) is 5.91 Å². The number of carbonyl (C=O) groups excluding carboxylic acids is 1. The second-order valence-corrected chi connectivity index (χ2v) is 9.07. The molecule has 9 heteroatoms. The molecule has 3 N–H and O–H groups in total. The molecule has 4 aromatic rings. The molecular weight excluding hydrogens is 503 g/mol. The summed E-state index contributed by atoms with van der Waals surface area (Å²) in [6.07, 6.45) is -1.54. The SMILES string of the molecule is O=C(NC(Cc1ccc(-c2ccccc2)cc1)CC(O)C(=O)O)c1cc(-c2cc(Cl)ccc2Cl)no1. The maximum atomic E-state index is 12.9. The van der Waals surface area contributed by atoms with Crippen LogP contribution >= 0.6 is 23.2 Å². The number of nitrogens with one attached hydrogen (secondary N) is 1. The number of nitrogens with zero attached hydrogens (tertiary/aromatic N) is 1. The Balaban J connectivity index is 1.50. The average molecular weight is 525 g/mol. The smallest absolute Gasteiger partial charge is 0.332 e. The summed E-state index contributed by atoms with van der Waals surface area (Å²) in [5.41, 5.74) is 3.78. The van der Waals surface area contributed by atoms with E-state index in [0.717, 1.165) is 16.7 Å². The van der Waals surface area contributed by atoms with Gasteiger partial charge in [-0.2, -0.15) is 0 Å². The minimum absolute atomic E-state index is 0.0877. The third-order valence-corrected chi connectivity index (χ3v) is 6.17. The largest absolute Gasteiger partial charge is 0.479 e. The molecule has 2 unspecified atom stereocenters. The van der Waals surface area contributed by atoms with Crippen molar-refractivity contribution in [2.75, 3.05) is 0 Å². The number of amides is 1. The van der Waals surface area contributed by atoms with E-state index in [-0.39, 0.29) is 12.2 Å². The van der Waals surface area contributed by atoms with Crippen molar-refractivity contribution in [1.82, 2.24) is 10.5 Å². The van der Waals surface area contributed by atoms with Gasteiger partial charge in [0.15, 0.2) is 6.10 Å². The fourth-order valence-corrected chi connectivity index (χ4v) is 4.16. The van der Waals surface area contributed by atoms with E-state index in [4.69, 9.17) is 27.7 Å². The summed E-state index contributed by atoms with van der Waals surface area (Å²) in [7, 11) is 0. The van der Waals surface area contributed by atoms with Crippen LogP contribution in [0.15, 0.2) is 83.4 Å². The van der Waals surface area contributed by atoms with Gasteiger partial charge < -0.3 is 20.1 Å². The minimum Gasteiger partial charge on any atom is -0.479 e. The number of hydrogen-bond donors (Lipinski definition) is 3. The van der Waals surface area contributed by atoms with Crippen LogP contribution < -0.4 is 5.32 Å². The fourth-order valence-electron chi connectivity index (χ4n) is 3.77. The Morgan fingerprint density at radius 3 is 2.33 bits per heavy atom. The van der Waals surface area contributed by atoms with Crippen molar-refractivity contribution in [1.29, 1.82) is 0 Å². The highest BCUT2D eigenvalue weighted by molar-refractivity contribution is 6.35. The number of benzene rings is 3. The Kier molecular flexibility index (Phi) is 8.05. The molecule has 7 nitrogen and oxygen atoms in total. The van der Waals surface area contributed by atoms with E-state index in [1.807, 2.05) is 54.6 Å². The van der Waals surface area contributed by atoms with Crippen LogP contribution in [0.5, 0.6) is 0 Å². The van der Waals surface area contributed by atoms with Crippen LogP contribution in [0.4, 0.5) is 0 Å². The third-order valence-electron chi connectivity index (χ3n) is 5.61. The Morgan fingerprint density at radius 2 is 1.64 bits per heavy atom. The van der Waals surface area contributed by atoms with E-state index in [1.165, 1.54) is 6.07 Å². The number of carboxylic acid groups (broad SMARTS) is 1. The molecule has 0 aliphatic carbocycles. The van der Waals surface area contributed by atoms with Crippen molar-refractivity contribution in [3.05, 3.63) is 100 Å². The summed E-state index contributed by atoms with van der Waals surface area (Å²) in [5.74, 6) is -2.06. The maximum Gasteiger partial charge on any atom is 0.332 e. The molecule has 36 heavy (non-hydrogen) atoms. The zero-order valence-electron chi connectivity index (χ0n) is 18.9. The van der Waals surface area contributed by atoms with E-state index in [0.29, 0.717) is 27.7 Å². The van der Waals surface area contributed by atoms with Crippen molar-refractivity contribution < 1.29 is 24.3 Å². The van der Waals surface area contributed by atoms with E-state index in [2.05, 4.69) is 10.5 Å². The molecule has 0 saturated carbocycles. The molecule has 1 amide bonds. The molecule has 0 aliphatic heterocycles. The molecule has 3 aromatic carbocycles. The predicted octanol–water partition coefficient (Wildman–Crippen LogP) is 5.49. The minimum atomic E-state index is -1.64. The normalized spacial score (nSPS) is 12.6. The monoisotopic (exact) mass is 524 g/mol. The Hall–Kier alpha value is -3.65. The summed E-state index contributed by atoms with van der Waals surface area (Å²) in [6.45, 7) is 0. The summed E-state index contributed by atoms with van der Waals surface area (Å²) >= 11 is 12.2. The highest BCUT2D eigenvalue weighted by Crippen LogP contribution is 2.30. The van der Waals surface area contributed by atoms with Gasteiger partial charge in [-0.15, -0.1) is 0 Å². The van der Waals surface area contributed by atoms with Crippen LogP contribution in [-0.4, -0.2) is 39.4 Å². The number of aliphatic carboxylic acids is 1. The van der Waals surface area contributed by atoms with Crippen LogP contribution in [0.25, 0.3) is 22.4 Å². The van der Waals surface area contributed by atoms with Crippen molar-refractivity contribution in [3.8, 4) is 22.4 Å². The van der Waals surface area contributed by atoms with Gasteiger partial charge in [0.1, 0.15) is 5.69 Å². The van der Waals surface area contributed by atoms with Crippen LogP contribution in [0, 0.1) is 0 Å². The van der Waals surface area contributed by atoms with Crippen molar-refractivity contribution in [3.63, 3.8) is 0 Å². The lowest BCUT2D eigenvalue weighted by Gasteiger charge is -2.20. The molecule has 0 bridgehead atoms. The van der Waals surface area contributed by atoms with Crippen LogP contribution in [0.2, 0.25) is 10.0 Å². The lowest BCUT2D eigenvalue weighted by Crippen LogP contribution is -2.40. The summed E-state index contributed by atoms with van der Waals surface area (Å²) in [5, 5.41) is 26.6. The standard InChI is InChI=1S/C27H22Cl2N2O5/c28-19-10-11-22(29)21(13-19)23-15-25(36-31-23)26(33)30-20(14-24(32)27(34)35)12-16-6-8-18(9-7-16)17-4-2-1-3-5-17/h1-11,13,15,20,24,32H,12,14H2,(H,30,33)(H,34,35). The molecular formula is C27H22Cl2N2O5. The highest BCUT2D eigenvalue weighted by atomic mass is 35.5. The second kappa shape index (κ2) is 11.4. The van der Waals surface area contributed by atoms with Crippen molar-refractivity contribution in [2.24, 2.45) is 0 Å². The van der Waals surface area contributed by atoms with E-state index in [9.17, 15) is 19.8 Å². The van der Waals surface area contributed by atoms with E-state index >= 15 is 0 Å². The van der Waals surface area contributed by atoms with Crippen molar-refractivity contribution >= 4 is 35.1 Å². The number of rotatable bonds is 9. The molecule has 0 aliphatic rings. The first-order valence-corrected chi connectivity index (χ1v) is 11.8. The van der Waals surface area contributed by atoms with E-state index < -0.39 is 24.0 Å². The second-order valence-electron chi connectivity index (χ2n) is 8.23. The molecule has 184 valence electrons. The quantitative estimate of drug-likeness (QED) is 0.266. The number of halogens is 2. The van der Waals surface area contributed by atoms with E-state index in [1.54, 1.807) is 18.2 Å². The topological polar surface area (TPSA) is 113 Å². The molecule has 1 heterocycles. The summed E-state index contributed by atoms with van der Waals surface area (Å²) in [6, 6.07) is 23.2. The summed E-state index contributed by atoms with van der Waals surface area (Å²) in [4.78, 5) is 24.1. The van der Waals surface area contributed by atoms with Gasteiger partial charge in [-0.25, -0.2) is 4.79 Å². The van der Waals surface area contributed by atoms with Gasteiger partial charge in [0.05, 0.1) is 5.02 Å². The number of aromatic nitrogens is 1. The molecule has 0 spiro atoms. The summed E-state index contributed by atoms with van der Waals surface area (Å²) < 4.78 is 5.20. The number of hydrogen-bond acceptors (Lipinski definition) is 5. The van der Waals surface area contributed by atoms with Crippen LogP contribution in [-0.2, 0) is 11.2 Å². The van der Waals surface area contributed by atoms with Gasteiger partial charge in [-0.05, 0) is 41.3 Å². The van der Waals surface area contributed by atoms with Crippen molar-refractivity contribution in [2.45, 2.75) is 25.0 Å². The molecule has 0 saturated heterocycles. The molecule has 0 radical (unpaired) electrons. The maximum absolute atomic E-state index is 12.9. The van der Waals surface area contributed by atoms with Gasteiger partial charge in [-0.1, -0.05) is 83.0 Å². The lowest BCUT2D eigenvalue weighted by molar-refractivity contribution is -0.147. The van der Waals surface area contributed by atoms with Crippen LogP contribution in [0.1, 0.15) is 22.5 Å². The number of aliphatic hydroxyl groups is 1. The van der Waals surface area contributed by atoms with Gasteiger partial charge in [-0.3, -0.25) is 4.79 Å². The first-order chi connectivity index (χ1) is 17.3. The van der Waals surface area contributed by atoms with Gasteiger partial charge in [0.2, 0.25) is 5.76 Å². The Morgan fingerprint density at radius 1 is 0.944 bits per heavy atom. The third kappa shape index (κ3) is 6.31. The zero-order chi connectivity index (χ0) is 25.7.